The van der Waals surface area contributed by atoms with Gasteiger partial charge in [-0.2, -0.15) is 4.98 Å². The lowest BCUT2D eigenvalue weighted by atomic mass is 9.98. The van der Waals surface area contributed by atoms with E-state index in [0.717, 1.165) is 5.56 Å². The van der Waals surface area contributed by atoms with Crippen LogP contribution in [-0.2, 0) is 4.79 Å². The first-order chi connectivity index (χ1) is 12.9. The summed E-state index contributed by atoms with van der Waals surface area (Å²) >= 11 is 0. The number of nitrogens with zero attached hydrogens (tertiary/aromatic N) is 3. The number of amides is 2. The van der Waals surface area contributed by atoms with Crippen LogP contribution < -0.4 is 15.8 Å². The second-order valence-corrected chi connectivity index (χ2v) is 6.71. The van der Waals surface area contributed by atoms with E-state index in [-0.39, 0.29) is 23.7 Å². The number of hydrogen-bond donors (Lipinski definition) is 2. The van der Waals surface area contributed by atoms with Crippen molar-refractivity contribution in [3.8, 4) is 17.1 Å². The second-order valence-electron chi connectivity index (χ2n) is 6.71. The van der Waals surface area contributed by atoms with Gasteiger partial charge in [0, 0.05) is 30.3 Å². The maximum Gasteiger partial charge on any atom is 0.254 e. The Hall–Kier alpha value is -3.16. The van der Waals surface area contributed by atoms with Crippen LogP contribution in [0.5, 0.6) is 5.88 Å². The van der Waals surface area contributed by atoms with Gasteiger partial charge in [0.05, 0.1) is 12.8 Å². The van der Waals surface area contributed by atoms with Gasteiger partial charge in [0.25, 0.3) is 5.91 Å². The normalized spacial score (nSPS) is 17.0. The number of benzene rings is 1. The first-order valence-corrected chi connectivity index (χ1v) is 8.78. The van der Waals surface area contributed by atoms with E-state index >= 15 is 0 Å². The summed E-state index contributed by atoms with van der Waals surface area (Å²) in [7, 11) is 1.51. The Labute approximate surface area is 157 Å². The number of hydrogen-bond acceptors (Lipinski definition) is 6. The van der Waals surface area contributed by atoms with E-state index in [1.54, 1.807) is 35.2 Å². The van der Waals surface area contributed by atoms with Gasteiger partial charge in [-0.3, -0.25) is 9.59 Å². The Morgan fingerprint density at radius 2 is 2.00 bits per heavy atom. The molecule has 8 heteroatoms. The average Bonchev–Trinajstić information content (AvgIpc) is 2.66. The molecule has 1 saturated heterocycles. The number of nitrogens with two attached hydrogens (primary N) is 1. The van der Waals surface area contributed by atoms with E-state index in [0.29, 0.717) is 30.2 Å². The first kappa shape index (κ1) is 18.6. The molecule has 1 atom stereocenters. The summed E-state index contributed by atoms with van der Waals surface area (Å²) in [5.74, 6) is 0.255. The molecule has 0 spiro atoms. The lowest BCUT2D eigenvalue weighted by Gasteiger charge is -2.37. The van der Waals surface area contributed by atoms with Gasteiger partial charge >= 0.3 is 0 Å². The van der Waals surface area contributed by atoms with Crippen LogP contribution in [0.15, 0.2) is 30.3 Å². The highest BCUT2D eigenvalue weighted by molar-refractivity contribution is 5.98. The van der Waals surface area contributed by atoms with Crippen molar-refractivity contribution in [2.45, 2.75) is 19.9 Å². The maximum atomic E-state index is 12.9. The number of nitrogens with one attached hydrogen (secondary N) is 1. The van der Waals surface area contributed by atoms with Crippen LogP contribution in [0.2, 0.25) is 0 Å². The summed E-state index contributed by atoms with van der Waals surface area (Å²) in [6, 6.07) is 8.26. The summed E-state index contributed by atoms with van der Waals surface area (Å²) < 4.78 is 5.11. The Bertz CT molecular complexity index is 851. The number of piperazine rings is 1. The molecular formula is C19H23N5O3. The van der Waals surface area contributed by atoms with Gasteiger partial charge in [-0.1, -0.05) is 26.0 Å². The zero-order valence-electron chi connectivity index (χ0n) is 15.6. The van der Waals surface area contributed by atoms with Crippen molar-refractivity contribution in [3.63, 3.8) is 0 Å². The Balaban J connectivity index is 1.85. The van der Waals surface area contributed by atoms with Gasteiger partial charge < -0.3 is 20.7 Å². The molecule has 1 aromatic heterocycles. The number of rotatable bonds is 4. The number of aromatic nitrogens is 2. The highest BCUT2D eigenvalue weighted by atomic mass is 16.5. The molecule has 0 unspecified atom stereocenters. The van der Waals surface area contributed by atoms with Crippen molar-refractivity contribution in [2.75, 3.05) is 25.9 Å². The van der Waals surface area contributed by atoms with Gasteiger partial charge in [0.15, 0.2) is 0 Å². The maximum absolute atomic E-state index is 12.9. The molecule has 27 heavy (non-hydrogen) atoms. The quantitative estimate of drug-likeness (QED) is 0.841. The van der Waals surface area contributed by atoms with E-state index in [1.807, 2.05) is 13.8 Å². The van der Waals surface area contributed by atoms with Crippen LogP contribution in [0.4, 0.5) is 5.95 Å². The van der Waals surface area contributed by atoms with Gasteiger partial charge in [0.1, 0.15) is 6.04 Å². The molecule has 2 amide bonds. The molecule has 1 aliphatic rings. The molecule has 142 valence electrons. The molecule has 3 N–H and O–H groups in total. The third kappa shape index (κ3) is 3.84. The van der Waals surface area contributed by atoms with Crippen molar-refractivity contribution >= 4 is 17.8 Å². The summed E-state index contributed by atoms with van der Waals surface area (Å²) in [4.78, 5) is 34.9. The fraction of sp³-hybridized carbons (Fsp3) is 0.368. The van der Waals surface area contributed by atoms with Crippen molar-refractivity contribution in [3.05, 3.63) is 35.9 Å². The topological polar surface area (TPSA) is 110 Å². The van der Waals surface area contributed by atoms with Crippen LogP contribution in [0.3, 0.4) is 0 Å². The van der Waals surface area contributed by atoms with E-state index in [1.165, 1.54) is 7.11 Å². The number of carbonyl (C=O) groups excluding carboxylic acids is 2. The fourth-order valence-electron chi connectivity index (χ4n) is 3.22. The van der Waals surface area contributed by atoms with Crippen LogP contribution >= 0.6 is 0 Å². The zero-order valence-corrected chi connectivity index (χ0v) is 15.6. The number of anilines is 1. The third-order valence-corrected chi connectivity index (χ3v) is 4.51. The van der Waals surface area contributed by atoms with Gasteiger partial charge in [0.2, 0.25) is 17.7 Å². The van der Waals surface area contributed by atoms with Crippen molar-refractivity contribution in [1.29, 1.82) is 0 Å². The SMILES string of the molecule is COc1cc(-c2ccc(C(=O)N3CCNC(=O)[C@H]3C(C)C)cc2)nc(N)n1. The summed E-state index contributed by atoms with van der Waals surface area (Å²) in [5, 5.41) is 2.83. The summed E-state index contributed by atoms with van der Waals surface area (Å²) in [6.45, 7) is 4.83. The minimum absolute atomic E-state index is 0.0324. The first-order valence-electron chi connectivity index (χ1n) is 8.78. The lowest BCUT2D eigenvalue weighted by Crippen LogP contribution is -2.59. The molecule has 1 aliphatic heterocycles. The predicted octanol–water partition coefficient (Wildman–Crippen LogP) is 1.33. The van der Waals surface area contributed by atoms with E-state index < -0.39 is 6.04 Å². The molecule has 0 aliphatic carbocycles. The molecule has 0 saturated carbocycles. The fourth-order valence-corrected chi connectivity index (χ4v) is 3.22. The van der Waals surface area contributed by atoms with Gasteiger partial charge in [-0.05, 0) is 18.1 Å². The van der Waals surface area contributed by atoms with Crippen molar-refractivity contribution in [1.82, 2.24) is 20.2 Å². The predicted molar refractivity (Wildman–Crippen MR) is 101 cm³/mol. The molecule has 0 radical (unpaired) electrons. The molecular weight excluding hydrogens is 346 g/mol. The molecule has 1 aromatic carbocycles. The van der Waals surface area contributed by atoms with E-state index in [9.17, 15) is 9.59 Å². The van der Waals surface area contributed by atoms with Crippen molar-refractivity contribution in [2.24, 2.45) is 5.92 Å². The second kappa shape index (κ2) is 7.61. The Morgan fingerprint density at radius 1 is 1.30 bits per heavy atom. The molecule has 3 rings (SSSR count). The molecule has 2 heterocycles. The monoisotopic (exact) mass is 369 g/mol. The smallest absolute Gasteiger partial charge is 0.254 e. The van der Waals surface area contributed by atoms with Crippen LogP contribution in [0.1, 0.15) is 24.2 Å². The average molecular weight is 369 g/mol. The minimum Gasteiger partial charge on any atom is -0.481 e. The largest absolute Gasteiger partial charge is 0.481 e. The summed E-state index contributed by atoms with van der Waals surface area (Å²) in [5.41, 5.74) is 7.62. The van der Waals surface area contributed by atoms with Crippen LogP contribution in [0, 0.1) is 5.92 Å². The Kier molecular flexibility index (Phi) is 5.25. The van der Waals surface area contributed by atoms with E-state index in [2.05, 4.69) is 15.3 Å². The van der Waals surface area contributed by atoms with Crippen LogP contribution in [-0.4, -0.2) is 52.9 Å². The molecule has 8 nitrogen and oxygen atoms in total. The van der Waals surface area contributed by atoms with Gasteiger partial charge in [-0.25, -0.2) is 4.98 Å². The standard InChI is InChI=1S/C19H23N5O3/c1-11(2)16-17(25)21-8-9-24(16)18(26)13-6-4-12(5-7-13)14-10-15(27-3)23-19(20)22-14/h4-7,10-11,16H,8-9H2,1-3H3,(H,21,25)(H2,20,22,23)/t16-/m1/s1. The number of nitrogen functional groups attached to an aromatic ring is 1. The number of ether oxygens (including phenoxy) is 1. The number of methoxy groups -OCH3 is 1. The van der Waals surface area contributed by atoms with Crippen molar-refractivity contribution < 1.29 is 14.3 Å². The molecule has 2 aromatic rings. The highest BCUT2D eigenvalue weighted by Gasteiger charge is 2.35. The molecule has 0 bridgehead atoms. The highest BCUT2D eigenvalue weighted by Crippen LogP contribution is 2.23. The van der Waals surface area contributed by atoms with E-state index in [4.69, 9.17) is 10.5 Å². The van der Waals surface area contributed by atoms with Gasteiger partial charge in [-0.15, -0.1) is 0 Å². The molecule has 1 fully saturated rings. The number of carbonyl (C=O) groups is 2. The lowest BCUT2D eigenvalue weighted by molar-refractivity contribution is -0.129. The zero-order chi connectivity index (χ0) is 19.6. The summed E-state index contributed by atoms with van der Waals surface area (Å²) in [6.07, 6.45) is 0. The minimum atomic E-state index is -0.461. The third-order valence-electron chi connectivity index (χ3n) is 4.51. The Morgan fingerprint density at radius 3 is 2.63 bits per heavy atom. The van der Waals surface area contributed by atoms with Crippen LogP contribution in [0.25, 0.3) is 11.3 Å².